The zero-order valence-corrected chi connectivity index (χ0v) is 13.5. The van der Waals surface area contributed by atoms with Gasteiger partial charge < -0.3 is 15.4 Å². The van der Waals surface area contributed by atoms with Gasteiger partial charge in [-0.3, -0.25) is 4.79 Å². The number of methoxy groups -OCH3 is 1. The van der Waals surface area contributed by atoms with Crippen LogP contribution in [0.25, 0.3) is 0 Å². The fourth-order valence-corrected chi connectivity index (χ4v) is 3.31. The summed E-state index contributed by atoms with van der Waals surface area (Å²) in [6.07, 6.45) is 2.77. The fourth-order valence-electron chi connectivity index (χ4n) is 2.45. The second-order valence-corrected chi connectivity index (χ2v) is 6.50. The first-order chi connectivity index (χ1) is 10.2. The van der Waals surface area contributed by atoms with E-state index in [1.807, 2.05) is 24.3 Å². The van der Waals surface area contributed by atoms with Crippen molar-refractivity contribution in [3.05, 3.63) is 24.3 Å². The minimum atomic E-state index is 0.150. The number of ether oxygens (including phenoxy) is 1. The minimum Gasteiger partial charge on any atom is -0.497 e. The Labute approximate surface area is 131 Å². The van der Waals surface area contributed by atoms with E-state index >= 15 is 0 Å². The van der Waals surface area contributed by atoms with Crippen LogP contribution in [0.15, 0.2) is 29.2 Å². The Balaban J connectivity index is 1.68. The van der Waals surface area contributed by atoms with Crippen LogP contribution in [-0.2, 0) is 4.79 Å². The van der Waals surface area contributed by atoms with Gasteiger partial charge >= 0.3 is 0 Å². The Kier molecular flexibility index (Phi) is 6.39. The van der Waals surface area contributed by atoms with Crippen LogP contribution in [0.1, 0.15) is 26.2 Å². The van der Waals surface area contributed by atoms with Crippen molar-refractivity contribution < 1.29 is 9.53 Å². The van der Waals surface area contributed by atoms with Crippen LogP contribution in [0, 0.1) is 0 Å². The molecule has 1 aromatic rings. The largest absolute Gasteiger partial charge is 0.497 e. The van der Waals surface area contributed by atoms with Gasteiger partial charge in [-0.1, -0.05) is 0 Å². The third kappa shape index (κ3) is 5.25. The monoisotopic (exact) mass is 308 g/mol. The number of carbonyl (C=O) groups excluding carboxylic acids is 1. The molecule has 0 aliphatic carbocycles. The first-order valence-electron chi connectivity index (χ1n) is 7.48. The van der Waals surface area contributed by atoms with Gasteiger partial charge in [-0.2, -0.15) is 0 Å². The third-order valence-corrected chi connectivity index (χ3v) is 4.78. The second kappa shape index (κ2) is 8.29. The molecule has 1 fully saturated rings. The quantitative estimate of drug-likeness (QED) is 0.793. The number of thioether (sulfide) groups is 1. The molecule has 1 aliphatic heterocycles. The lowest BCUT2D eigenvalue weighted by atomic mass is 10.00. The molecule has 0 aromatic heterocycles. The number of hydrogen-bond acceptors (Lipinski definition) is 4. The van der Waals surface area contributed by atoms with E-state index in [1.165, 1.54) is 0 Å². The normalized spacial score (nSPS) is 21.8. The van der Waals surface area contributed by atoms with Gasteiger partial charge in [0.2, 0.25) is 5.91 Å². The number of carbonyl (C=O) groups is 1. The predicted molar refractivity (Wildman–Crippen MR) is 87.0 cm³/mol. The van der Waals surface area contributed by atoms with Gasteiger partial charge in [0.1, 0.15) is 5.75 Å². The minimum absolute atomic E-state index is 0.150. The van der Waals surface area contributed by atoms with Crippen LogP contribution in [0.4, 0.5) is 0 Å². The van der Waals surface area contributed by atoms with Crippen LogP contribution < -0.4 is 15.4 Å². The lowest BCUT2D eigenvalue weighted by Gasteiger charge is -2.30. The van der Waals surface area contributed by atoms with Gasteiger partial charge in [0, 0.05) is 29.2 Å². The van der Waals surface area contributed by atoms with Crippen molar-refractivity contribution in [3.63, 3.8) is 0 Å². The Hall–Kier alpha value is -1.20. The molecule has 0 bridgehead atoms. The van der Waals surface area contributed by atoms with Gasteiger partial charge in [0.05, 0.1) is 7.11 Å². The summed E-state index contributed by atoms with van der Waals surface area (Å²) in [5.41, 5.74) is 0. The summed E-state index contributed by atoms with van der Waals surface area (Å²) in [5.74, 6) is 1.81. The Bertz CT molecular complexity index is 450. The molecule has 4 nitrogen and oxygen atoms in total. The van der Waals surface area contributed by atoms with E-state index in [0.717, 1.165) is 35.8 Å². The highest BCUT2D eigenvalue weighted by atomic mass is 32.2. The average molecular weight is 308 g/mol. The molecule has 116 valence electrons. The summed E-state index contributed by atoms with van der Waals surface area (Å²) in [6.45, 7) is 3.19. The van der Waals surface area contributed by atoms with Crippen molar-refractivity contribution in [1.29, 1.82) is 0 Å². The molecule has 1 saturated heterocycles. The molecule has 1 amide bonds. The topological polar surface area (TPSA) is 50.4 Å². The molecule has 2 unspecified atom stereocenters. The van der Waals surface area contributed by atoms with E-state index in [4.69, 9.17) is 4.74 Å². The zero-order chi connectivity index (χ0) is 15.1. The van der Waals surface area contributed by atoms with E-state index in [2.05, 4.69) is 17.6 Å². The second-order valence-electron chi connectivity index (χ2n) is 5.33. The molecule has 0 spiro atoms. The Morgan fingerprint density at radius 3 is 2.86 bits per heavy atom. The van der Waals surface area contributed by atoms with E-state index in [0.29, 0.717) is 12.5 Å². The number of benzene rings is 1. The highest BCUT2D eigenvalue weighted by molar-refractivity contribution is 7.99. The molecule has 2 atom stereocenters. The molecule has 0 radical (unpaired) electrons. The molecule has 1 heterocycles. The van der Waals surface area contributed by atoms with Crippen LogP contribution in [0.3, 0.4) is 0 Å². The van der Waals surface area contributed by atoms with E-state index < -0.39 is 0 Å². The average Bonchev–Trinajstić information content (AvgIpc) is 2.50. The number of piperidine rings is 1. The van der Waals surface area contributed by atoms with Gasteiger partial charge in [0.15, 0.2) is 0 Å². The summed E-state index contributed by atoms with van der Waals surface area (Å²) in [4.78, 5) is 13.1. The fraction of sp³-hybridized carbons (Fsp3) is 0.562. The van der Waals surface area contributed by atoms with Crippen molar-refractivity contribution in [3.8, 4) is 5.75 Å². The molecule has 1 aliphatic rings. The first-order valence-corrected chi connectivity index (χ1v) is 8.47. The summed E-state index contributed by atoms with van der Waals surface area (Å²) in [6, 6.07) is 8.58. The summed E-state index contributed by atoms with van der Waals surface area (Å²) < 4.78 is 5.13. The molecule has 1 aromatic carbocycles. The van der Waals surface area contributed by atoms with E-state index in [1.54, 1.807) is 18.9 Å². The lowest BCUT2D eigenvalue weighted by molar-refractivity contribution is -0.121. The predicted octanol–water partition coefficient (Wildman–Crippen LogP) is 2.43. The van der Waals surface area contributed by atoms with Crippen LogP contribution in [0.2, 0.25) is 0 Å². The molecule has 2 rings (SSSR count). The van der Waals surface area contributed by atoms with Crippen LogP contribution in [-0.4, -0.2) is 37.4 Å². The van der Waals surface area contributed by atoms with E-state index in [9.17, 15) is 4.79 Å². The van der Waals surface area contributed by atoms with Crippen LogP contribution >= 0.6 is 11.8 Å². The summed E-state index contributed by atoms with van der Waals surface area (Å²) >= 11 is 1.70. The van der Waals surface area contributed by atoms with Crippen molar-refractivity contribution in [1.82, 2.24) is 10.6 Å². The molecule has 21 heavy (non-hydrogen) atoms. The van der Waals surface area contributed by atoms with Gasteiger partial charge in [-0.05, 0) is 50.6 Å². The van der Waals surface area contributed by atoms with Crippen LogP contribution in [0.5, 0.6) is 5.75 Å². The van der Waals surface area contributed by atoms with Gasteiger partial charge in [-0.25, -0.2) is 0 Å². The maximum Gasteiger partial charge on any atom is 0.221 e. The van der Waals surface area contributed by atoms with Crippen molar-refractivity contribution in [2.45, 2.75) is 43.2 Å². The molecular formula is C16H24N2O2S. The third-order valence-electron chi connectivity index (χ3n) is 3.77. The van der Waals surface area contributed by atoms with Crippen molar-refractivity contribution >= 4 is 17.7 Å². The maximum absolute atomic E-state index is 12.0. The number of nitrogens with one attached hydrogen (secondary N) is 2. The number of hydrogen-bond donors (Lipinski definition) is 2. The summed E-state index contributed by atoms with van der Waals surface area (Å²) in [7, 11) is 1.66. The lowest BCUT2D eigenvalue weighted by Crippen LogP contribution is -2.51. The highest BCUT2D eigenvalue weighted by Gasteiger charge is 2.21. The highest BCUT2D eigenvalue weighted by Crippen LogP contribution is 2.21. The standard InChI is InChI=1S/C16H24N2O2S/c1-12-15(4-3-10-17-12)18-16(19)9-11-21-14-7-5-13(20-2)6-8-14/h5-8,12,15,17H,3-4,9-11H2,1-2H3,(H,18,19). The Morgan fingerprint density at radius 2 is 2.19 bits per heavy atom. The number of amides is 1. The summed E-state index contributed by atoms with van der Waals surface area (Å²) in [5, 5.41) is 6.54. The van der Waals surface area contributed by atoms with Crippen molar-refractivity contribution in [2.24, 2.45) is 0 Å². The number of rotatable bonds is 6. The first kappa shape index (κ1) is 16.2. The van der Waals surface area contributed by atoms with Crippen molar-refractivity contribution in [2.75, 3.05) is 19.4 Å². The van der Waals surface area contributed by atoms with E-state index in [-0.39, 0.29) is 11.9 Å². The molecular weight excluding hydrogens is 284 g/mol. The Morgan fingerprint density at radius 1 is 1.43 bits per heavy atom. The SMILES string of the molecule is COc1ccc(SCCC(=O)NC2CCCNC2C)cc1. The molecule has 5 heteroatoms. The molecule has 0 saturated carbocycles. The maximum atomic E-state index is 12.0. The van der Waals surface area contributed by atoms with Gasteiger partial charge in [-0.15, -0.1) is 11.8 Å². The van der Waals surface area contributed by atoms with Gasteiger partial charge in [0.25, 0.3) is 0 Å². The zero-order valence-electron chi connectivity index (χ0n) is 12.7. The molecule has 2 N–H and O–H groups in total. The smallest absolute Gasteiger partial charge is 0.221 e.